The SMILES string of the molecule is CC/C=C\C/C=C\C/C=C\C/C=C\C/C=C\CCCCCCCCCCCCCCCCCCCCCC(=O)OCC(O)COP(=O)(O)OCC(O)COP(=O)(O)OCC(COC(=O)CCCCCCCCCCCCCCCCC/C=C\C/C=C\C/C=C\C/C=C\C/C=C\CC)OC(=O)CCCCCCCCCCC/C=C\C/C=C\C/C=C\C/C=C\CCCCC. The van der Waals surface area contributed by atoms with Crippen LogP contribution in [0.2, 0.25) is 0 Å². The van der Waals surface area contributed by atoms with Crippen molar-refractivity contribution in [1.29, 1.82) is 0 Å². The van der Waals surface area contributed by atoms with Gasteiger partial charge in [-0.1, -0.05) is 441 Å². The molecule has 4 N–H and O–H groups in total. The molecule has 0 aliphatic rings. The number of ether oxygens (including phenoxy) is 3. The summed E-state index contributed by atoms with van der Waals surface area (Å²) >= 11 is 0. The largest absolute Gasteiger partial charge is 0.472 e. The summed E-state index contributed by atoms with van der Waals surface area (Å²) in [6.07, 6.45) is 131. The van der Waals surface area contributed by atoms with Crippen LogP contribution in [0.15, 0.2) is 170 Å². The van der Waals surface area contributed by atoms with Crippen LogP contribution < -0.4 is 0 Å². The minimum absolute atomic E-state index is 0.0953. The van der Waals surface area contributed by atoms with E-state index in [0.29, 0.717) is 19.3 Å². The quantitative estimate of drug-likeness (QED) is 0.0146. The Morgan fingerprint density at radius 2 is 0.417 bits per heavy atom. The number of phosphoric ester groups is 2. The Morgan fingerprint density at radius 1 is 0.228 bits per heavy atom. The summed E-state index contributed by atoms with van der Waals surface area (Å²) in [5.74, 6) is -1.56. The van der Waals surface area contributed by atoms with Crippen LogP contribution in [0.5, 0.6) is 0 Å². The third-order valence-electron chi connectivity index (χ3n) is 21.9. The first-order valence-corrected chi connectivity index (χ1v) is 54.4. The molecule has 0 bridgehead atoms. The average molecular weight is 1820 g/mol. The van der Waals surface area contributed by atoms with Gasteiger partial charge in [-0.05, 0) is 154 Å². The number of carbonyl (C=O) groups excluding carboxylic acids is 3. The van der Waals surface area contributed by atoms with Crippen molar-refractivity contribution in [1.82, 2.24) is 0 Å². The maximum absolute atomic E-state index is 13.1. The van der Waals surface area contributed by atoms with Crippen molar-refractivity contribution < 1.29 is 75.8 Å². The third-order valence-corrected chi connectivity index (χ3v) is 23.8. The highest BCUT2D eigenvalue weighted by atomic mass is 31.2. The topological polar surface area (TPSA) is 231 Å². The fourth-order valence-corrected chi connectivity index (χ4v) is 15.8. The molecule has 18 heteroatoms. The lowest BCUT2D eigenvalue weighted by Crippen LogP contribution is -2.30. The van der Waals surface area contributed by atoms with Crippen LogP contribution in [-0.2, 0) is 55.8 Å². The number of rotatable bonds is 97. The lowest BCUT2D eigenvalue weighted by atomic mass is 10.0. The Labute approximate surface area is 777 Å². The summed E-state index contributed by atoms with van der Waals surface area (Å²) in [5, 5.41) is 20.8. The van der Waals surface area contributed by atoms with Gasteiger partial charge < -0.3 is 34.2 Å². The van der Waals surface area contributed by atoms with E-state index in [1.165, 1.54) is 231 Å². The van der Waals surface area contributed by atoms with Crippen molar-refractivity contribution in [3.8, 4) is 0 Å². The Hall–Kier alpha value is -5.09. The van der Waals surface area contributed by atoms with Gasteiger partial charge in [-0.15, -0.1) is 0 Å². The van der Waals surface area contributed by atoms with E-state index in [2.05, 4.69) is 191 Å². The van der Waals surface area contributed by atoms with Gasteiger partial charge in [-0.2, -0.15) is 0 Å². The molecule has 0 saturated carbocycles. The molecule has 0 aromatic carbocycles. The van der Waals surface area contributed by atoms with Gasteiger partial charge in [0.2, 0.25) is 0 Å². The van der Waals surface area contributed by atoms with Gasteiger partial charge in [0, 0.05) is 19.3 Å². The second-order valence-electron chi connectivity index (χ2n) is 34.2. The number of aliphatic hydroxyl groups is 2. The Kier molecular flexibility index (Phi) is 95.9. The minimum Gasteiger partial charge on any atom is -0.463 e. The standard InChI is InChI=1S/C109H188O16P2/c1-4-7-10-13-16-19-22-25-28-31-34-37-40-43-45-47-49-50-51-52-54-56-57-60-62-65-68-71-74-77-80-83-86-89-92-95-107(112)119-98-104(110)99-121-126(115,116)122-100-105(111)101-123-127(117,118)124-103-106(125-109(114)97-94-91-88-85-82-79-76-73-70-67-64-59-42-39-36-33-30-27-24-21-18-15-12-9-6-3)102-120-108(113)96-93-90-87-84-81-78-75-72-69-66-63-61-58-55-53-48-46-44-41-38-35-32-29-26-23-20-17-14-11-8-5-2/h7-8,10-11,16-21,25-30,34-39,43-46,59,64,104-106,110-111H,4-6,9,12-15,22-24,31-33,40-42,47-58,60-63,65-103H2,1-3H3,(H,115,116)(H,117,118)/b10-7-,11-8-,19-16-,20-17-,21-18-,28-25-,29-26-,30-27-,37-34-,38-35-,39-36-,45-43-,46-44-,64-59-. The zero-order valence-corrected chi connectivity index (χ0v) is 82.7. The number of allylic oxidation sites excluding steroid dienone is 28. The number of phosphoric acid groups is 2. The first-order chi connectivity index (χ1) is 62.2. The fraction of sp³-hybridized carbons (Fsp3) is 0.716. The van der Waals surface area contributed by atoms with Crippen molar-refractivity contribution in [2.45, 2.75) is 463 Å². The van der Waals surface area contributed by atoms with Crippen LogP contribution in [0, 0.1) is 0 Å². The molecule has 0 spiro atoms. The molecule has 0 amide bonds. The molecule has 127 heavy (non-hydrogen) atoms. The zero-order chi connectivity index (χ0) is 92.1. The predicted octanol–water partition coefficient (Wildman–Crippen LogP) is 32.6. The van der Waals surface area contributed by atoms with E-state index >= 15 is 0 Å². The van der Waals surface area contributed by atoms with E-state index < -0.39 is 91.5 Å². The molecule has 0 rings (SSSR count). The highest BCUT2D eigenvalue weighted by Gasteiger charge is 2.30. The monoisotopic (exact) mass is 1820 g/mol. The normalized spacial score (nSPS) is 14.4. The summed E-state index contributed by atoms with van der Waals surface area (Å²) < 4.78 is 61.7. The third kappa shape index (κ3) is 101. The second kappa shape index (κ2) is 99.9. The molecule has 0 aliphatic heterocycles. The van der Waals surface area contributed by atoms with E-state index in [9.17, 15) is 43.5 Å². The van der Waals surface area contributed by atoms with E-state index in [1.54, 1.807) is 0 Å². The number of carbonyl (C=O) groups is 3. The molecular formula is C109H188O16P2. The van der Waals surface area contributed by atoms with Gasteiger partial charge in [-0.3, -0.25) is 32.5 Å². The highest BCUT2D eigenvalue weighted by molar-refractivity contribution is 7.47. The molecule has 0 fully saturated rings. The molecule has 730 valence electrons. The summed E-state index contributed by atoms with van der Waals surface area (Å²) in [7, 11) is -9.82. The Balaban J connectivity index is 4.56. The fourth-order valence-electron chi connectivity index (χ4n) is 14.2. The number of unbranched alkanes of at least 4 members (excludes halogenated alkanes) is 46. The van der Waals surface area contributed by atoms with Crippen molar-refractivity contribution in [2.24, 2.45) is 0 Å². The molecule has 0 heterocycles. The zero-order valence-electron chi connectivity index (χ0n) is 80.9. The van der Waals surface area contributed by atoms with Crippen LogP contribution in [0.3, 0.4) is 0 Å². The second-order valence-corrected chi connectivity index (χ2v) is 37.1. The van der Waals surface area contributed by atoms with E-state index in [4.69, 9.17) is 32.3 Å². The molecule has 0 radical (unpaired) electrons. The van der Waals surface area contributed by atoms with Gasteiger partial charge in [0.05, 0.1) is 26.4 Å². The average Bonchev–Trinajstić information content (AvgIpc) is 0.899. The lowest BCUT2D eigenvalue weighted by molar-refractivity contribution is -0.161. The smallest absolute Gasteiger partial charge is 0.463 e. The van der Waals surface area contributed by atoms with Gasteiger partial charge in [-0.25, -0.2) is 9.13 Å². The summed E-state index contributed by atoms with van der Waals surface area (Å²) in [6.45, 7) is 2.50. The van der Waals surface area contributed by atoms with Crippen molar-refractivity contribution in [2.75, 3.05) is 39.6 Å². The van der Waals surface area contributed by atoms with Crippen molar-refractivity contribution in [3.05, 3.63) is 170 Å². The number of hydrogen-bond donors (Lipinski definition) is 4. The summed E-state index contributed by atoms with van der Waals surface area (Å²) in [4.78, 5) is 59.2. The van der Waals surface area contributed by atoms with E-state index in [0.717, 1.165) is 154 Å². The maximum atomic E-state index is 13.1. The van der Waals surface area contributed by atoms with Crippen molar-refractivity contribution in [3.63, 3.8) is 0 Å². The van der Waals surface area contributed by atoms with Crippen molar-refractivity contribution >= 4 is 33.6 Å². The minimum atomic E-state index is -4.95. The van der Waals surface area contributed by atoms with Gasteiger partial charge in [0.25, 0.3) is 0 Å². The lowest BCUT2D eigenvalue weighted by Gasteiger charge is -2.21. The first-order valence-electron chi connectivity index (χ1n) is 51.4. The highest BCUT2D eigenvalue weighted by Crippen LogP contribution is 2.45. The molecule has 0 aliphatic carbocycles. The van der Waals surface area contributed by atoms with E-state index in [-0.39, 0.29) is 19.3 Å². The summed E-state index contributed by atoms with van der Waals surface area (Å²) in [5.41, 5.74) is 0. The molecular weight excluding hydrogens is 1630 g/mol. The van der Waals surface area contributed by atoms with Crippen LogP contribution in [-0.4, -0.2) is 95.9 Å². The Bertz CT molecular complexity index is 2990. The van der Waals surface area contributed by atoms with Gasteiger partial charge in [0.15, 0.2) is 6.10 Å². The van der Waals surface area contributed by atoms with Gasteiger partial charge >= 0.3 is 33.6 Å². The van der Waals surface area contributed by atoms with E-state index in [1.807, 2.05) is 0 Å². The van der Waals surface area contributed by atoms with Crippen LogP contribution >= 0.6 is 15.6 Å². The molecule has 5 atom stereocenters. The van der Waals surface area contributed by atoms with Crippen LogP contribution in [0.4, 0.5) is 0 Å². The molecule has 0 aromatic rings. The number of hydrogen-bond acceptors (Lipinski definition) is 14. The number of esters is 3. The molecule has 16 nitrogen and oxygen atoms in total. The first kappa shape index (κ1) is 122. The molecule has 0 aromatic heterocycles. The van der Waals surface area contributed by atoms with Crippen LogP contribution in [0.1, 0.15) is 445 Å². The molecule has 0 saturated heterocycles. The maximum Gasteiger partial charge on any atom is 0.472 e. The summed E-state index contributed by atoms with van der Waals surface area (Å²) in [6, 6.07) is 0. The predicted molar refractivity (Wildman–Crippen MR) is 537 cm³/mol. The van der Waals surface area contributed by atoms with Crippen LogP contribution in [0.25, 0.3) is 0 Å². The number of aliphatic hydroxyl groups excluding tert-OH is 2. The molecule has 5 unspecified atom stereocenters. The Morgan fingerprint density at radius 3 is 0.661 bits per heavy atom. The van der Waals surface area contributed by atoms with Gasteiger partial charge in [0.1, 0.15) is 25.4 Å².